The van der Waals surface area contributed by atoms with Crippen LogP contribution in [0.3, 0.4) is 0 Å². The second kappa shape index (κ2) is 10.3. The molecule has 0 spiro atoms. The summed E-state index contributed by atoms with van der Waals surface area (Å²) in [5, 5.41) is 0. The van der Waals surface area contributed by atoms with Crippen molar-refractivity contribution >= 4 is 11.9 Å². The van der Waals surface area contributed by atoms with Crippen molar-refractivity contribution in [1.82, 2.24) is 4.90 Å². The average Bonchev–Trinajstić information content (AvgIpc) is 2.66. The zero-order chi connectivity index (χ0) is 20.7. The van der Waals surface area contributed by atoms with Crippen LogP contribution in [0.15, 0.2) is 18.2 Å². The monoisotopic (exact) mass is 393 g/mol. The normalized spacial score (nSPS) is 15.1. The Bertz CT molecular complexity index is 675. The van der Waals surface area contributed by atoms with E-state index in [9.17, 15) is 9.59 Å². The lowest BCUT2D eigenvalue weighted by atomic mass is 10.1. The molecule has 28 heavy (non-hydrogen) atoms. The fourth-order valence-corrected chi connectivity index (χ4v) is 2.72. The summed E-state index contributed by atoms with van der Waals surface area (Å²) in [6.07, 6.45) is -0.715. The van der Waals surface area contributed by atoms with Gasteiger partial charge in [0.1, 0.15) is 13.2 Å². The van der Waals surface area contributed by atoms with E-state index >= 15 is 0 Å². The van der Waals surface area contributed by atoms with Crippen LogP contribution in [0, 0.1) is 5.92 Å². The number of benzene rings is 1. The first-order chi connectivity index (χ1) is 13.3. The Morgan fingerprint density at radius 2 is 1.75 bits per heavy atom. The molecule has 2 unspecified atom stereocenters. The fraction of sp³-hybridized carbons (Fsp3) is 0.619. The molecule has 1 aliphatic rings. The highest BCUT2D eigenvalue weighted by Crippen LogP contribution is 2.31. The molecule has 0 bridgehead atoms. The molecule has 1 heterocycles. The van der Waals surface area contributed by atoms with Crippen LogP contribution in [0.1, 0.15) is 39.7 Å². The number of carbonyl (C=O) groups excluding carboxylic acids is 2. The van der Waals surface area contributed by atoms with Gasteiger partial charge in [-0.05, 0) is 43.9 Å². The zero-order valence-corrected chi connectivity index (χ0v) is 17.4. The highest BCUT2D eigenvalue weighted by Gasteiger charge is 2.25. The van der Waals surface area contributed by atoms with E-state index in [1.807, 2.05) is 18.2 Å². The number of hydrogen-bond donors (Lipinski definition) is 0. The number of nitrogens with zero attached hydrogens (tertiary/aromatic N) is 1. The van der Waals surface area contributed by atoms with Gasteiger partial charge in [-0.3, -0.25) is 4.79 Å². The van der Waals surface area contributed by atoms with Crippen molar-refractivity contribution in [3.63, 3.8) is 0 Å². The van der Waals surface area contributed by atoms with Crippen molar-refractivity contribution in [3.05, 3.63) is 23.8 Å². The van der Waals surface area contributed by atoms with Crippen LogP contribution in [0.2, 0.25) is 0 Å². The van der Waals surface area contributed by atoms with Gasteiger partial charge in [0.05, 0.1) is 0 Å². The number of amides is 1. The van der Waals surface area contributed by atoms with E-state index < -0.39 is 18.2 Å². The Morgan fingerprint density at radius 3 is 2.43 bits per heavy atom. The van der Waals surface area contributed by atoms with E-state index in [0.29, 0.717) is 43.8 Å². The molecule has 2 rings (SSSR count). The number of hydrogen-bond acceptors (Lipinski definition) is 6. The van der Waals surface area contributed by atoms with Gasteiger partial charge in [0.25, 0.3) is 5.91 Å². The summed E-state index contributed by atoms with van der Waals surface area (Å²) < 4.78 is 21.8. The van der Waals surface area contributed by atoms with Crippen LogP contribution in [0.25, 0.3) is 0 Å². The van der Waals surface area contributed by atoms with E-state index in [4.69, 9.17) is 18.9 Å². The van der Waals surface area contributed by atoms with E-state index in [1.54, 1.807) is 20.9 Å². The molecule has 2 atom stereocenters. The molecule has 0 N–H and O–H groups in total. The molecule has 0 fully saturated rings. The van der Waals surface area contributed by atoms with Crippen molar-refractivity contribution in [2.45, 2.75) is 52.9 Å². The molecule has 0 saturated heterocycles. The van der Waals surface area contributed by atoms with Crippen molar-refractivity contribution in [2.24, 2.45) is 5.92 Å². The second-order valence-electron chi connectivity index (χ2n) is 7.45. The molecule has 0 saturated carbocycles. The van der Waals surface area contributed by atoms with Gasteiger partial charge < -0.3 is 23.8 Å². The number of ether oxygens (including phenoxy) is 4. The van der Waals surface area contributed by atoms with E-state index in [-0.39, 0.29) is 5.91 Å². The van der Waals surface area contributed by atoms with Crippen molar-refractivity contribution in [3.8, 4) is 11.5 Å². The second-order valence-corrected chi connectivity index (χ2v) is 7.45. The zero-order valence-electron chi connectivity index (χ0n) is 17.4. The Hall–Kier alpha value is -2.28. The molecule has 0 aliphatic carbocycles. The molecule has 0 radical (unpaired) electrons. The number of esters is 1. The first-order valence-electron chi connectivity index (χ1n) is 9.73. The van der Waals surface area contributed by atoms with Crippen molar-refractivity contribution < 1.29 is 28.5 Å². The minimum Gasteiger partial charge on any atom is -0.486 e. The Balaban J connectivity index is 1.83. The highest BCUT2D eigenvalue weighted by molar-refractivity contribution is 5.84. The summed E-state index contributed by atoms with van der Waals surface area (Å²) in [4.78, 5) is 26.2. The lowest BCUT2D eigenvalue weighted by molar-refractivity contribution is -0.167. The van der Waals surface area contributed by atoms with Crippen LogP contribution < -0.4 is 9.47 Å². The maximum absolute atomic E-state index is 12.5. The maximum Gasteiger partial charge on any atom is 0.335 e. The summed E-state index contributed by atoms with van der Waals surface area (Å²) in [6.45, 7) is 9.29. The largest absolute Gasteiger partial charge is 0.486 e. The van der Waals surface area contributed by atoms with E-state index in [2.05, 4.69) is 13.8 Å². The Labute approximate surface area is 166 Å². The van der Waals surface area contributed by atoms with Crippen LogP contribution in [0.4, 0.5) is 0 Å². The summed E-state index contributed by atoms with van der Waals surface area (Å²) in [6, 6.07) is 5.58. The number of likely N-dealkylation sites (N-methyl/N-ethyl adjacent to an activating group) is 1. The summed E-state index contributed by atoms with van der Waals surface area (Å²) in [7, 11) is 1.67. The van der Waals surface area contributed by atoms with Gasteiger partial charge in [0.2, 0.25) is 0 Å². The Kier molecular flexibility index (Phi) is 8.11. The van der Waals surface area contributed by atoms with Gasteiger partial charge in [0, 0.05) is 20.2 Å². The molecule has 1 aromatic rings. The van der Waals surface area contributed by atoms with Gasteiger partial charge in [0.15, 0.2) is 23.7 Å². The molecule has 7 heteroatoms. The predicted octanol–water partition coefficient (Wildman–Crippen LogP) is 2.80. The summed E-state index contributed by atoms with van der Waals surface area (Å²) in [5.74, 6) is 1.07. The minimum absolute atomic E-state index is 0.280. The lowest BCUT2D eigenvalue weighted by Gasteiger charge is -2.24. The van der Waals surface area contributed by atoms with Crippen LogP contribution in [-0.4, -0.2) is 55.9 Å². The molecular weight excluding hydrogens is 362 g/mol. The third-order valence-corrected chi connectivity index (χ3v) is 4.44. The maximum atomic E-state index is 12.5. The SMILES string of the molecule is CC(C)CCOC(C)C(=O)OC(C)C(=O)N(C)Cc1ccc2c(c1)OCCO2. The molecule has 156 valence electrons. The smallest absolute Gasteiger partial charge is 0.335 e. The third-order valence-electron chi connectivity index (χ3n) is 4.44. The standard InChI is InChI=1S/C21H31NO6/c1-14(2)8-9-25-16(4)21(24)28-15(3)20(23)22(5)13-17-6-7-18-19(12-17)27-11-10-26-18/h6-7,12,14-16H,8-11,13H2,1-5H3. The van der Waals surface area contributed by atoms with Gasteiger partial charge in [-0.15, -0.1) is 0 Å². The highest BCUT2D eigenvalue weighted by atomic mass is 16.6. The third kappa shape index (κ3) is 6.41. The Morgan fingerprint density at radius 1 is 1.07 bits per heavy atom. The molecule has 0 aromatic heterocycles. The van der Waals surface area contributed by atoms with Crippen LogP contribution in [0.5, 0.6) is 11.5 Å². The fourth-order valence-electron chi connectivity index (χ4n) is 2.72. The van der Waals surface area contributed by atoms with Gasteiger partial charge in [-0.1, -0.05) is 19.9 Å². The number of rotatable bonds is 9. The molecule has 7 nitrogen and oxygen atoms in total. The average molecular weight is 393 g/mol. The van der Waals surface area contributed by atoms with Gasteiger partial charge in [-0.25, -0.2) is 4.79 Å². The predicted molar refractivity (Wildman–Crippen MR) is 104 cm³/mol. The lowest BCUT2D eigenvalue weighted by Crippen LogP contribution is -2.39. The summed E-state index contributed by atoms with van der Waals surface area (Å²) in [5.41, 5.74) is 0.906. The molecular formula is C21H31NO6. The van der Waals surface area contributed by atoms with E-state index in [1.165, 1.54) is 4.90 Å². The van der Waals surface area contributed by atoms with Crippen molar-refractivity contribution in [2.75, 3.05) is 26.9 Å². The minimum atomic E-state index is -0.883. The number of fused-ring (bicyclic) bond motifs is 1. The summed E-state index contributed by atoms with van der Waals surface area (Å²) >= 11 is 0. The molecule has 1 amide bonds. The van der Waals surface area contributed by atoms with Crippen molar-refractivity contribution in [1.29, 1.82) is 0 Å². The van der Waals surface area contributed by atoms with Crippen LogP contribution >= 0.6 is 0 Å². The number of carbonyl (C=O) groups is 2. The molecule has 1 aliphatic heterocycles. The van der Waals surface area contributed by atoms with E-state index in [0.717, 1.165) is 12.0 Å². The quantitative estimate of drug-likeness (QED) is 0.601. The first kappa shape index (κ1) is 22.0. The molecule has 1 aromatic carbocycles. The topological polar surface area (TPSA) is 74.3 Å². The van der Waals surface area contributed by atoms with Gasteiger partial charge >= 0.3 is 5.97 Å². The van der Waals surface area contributed by atoms with Gasteiger partial charge in [-0.2, -0.15) is 0 Å². The van der Waals surface area contributed by atoms with Crippen LogP contribution in [-0.2, 0) is 25.6 Å². The first-order valence-corrected chi connectivity index (χ1v) is 9.73.